The second-order valence-corrected chi connectivity index (χ2v) is 7.27. The van der Waals surface area contributed by atoms with Crippen molar-refractivity contribution in [3.63, 3.8) is 0 Å². The van der Waals surface area contributed by atoms with E-state index in [2.05, 4.69) is 20.1 Å². The quantitative estimate of drug-likeness (QED) is 0.614. The number of methoxy groups -OCH3 is 1. The van der Waals surface area contributed by atoms with E-state index in [9.17, 15) is 13.2 Å². The molecule has 0 bridgehead atoms. The van der Waals surface area contributed by atoms with Gasteiger partial charge in [0.25, 0.3) is 6.43 Å². The van der Waals surface area contributed by atoms with Crippen molar-refractivity contribution in [2.75, 3.05) is 43.2 Å². The molecule has 31 heavy (non-hydrogen) atoms. The van der Waals surface area contributed by atoms with E-state index in [1.54, 1.807) is 18.2 Å². The van der Waals surface area contributed by atoms with Gasteiger partial charge in [0, 0.05) is 25.2 Å². The number of alkyl halides is 2. The molecule has 8 nitrogen and oxygen atoms in total. The van der Waals surface area contributed by atoms with Crippen molar-refractivity contribution in [2.24, 2.45) is 0 Å². The second kappa shape index (κ2) is 7.64. The van der Waals surface area contributed by atoms with Gasteiger partial charge in [0.15, 0.2) is 0 Å². The number of hydrogen-bond donors (Lipinski definition) is 0. The van der Waals surface area contributed by atoms with Crippen molar-refractivity contribution in [1.82, 2.24) is 19.7 Å². The third-order valence-electron chi connectivity index (χ3n) is 5.46. The number of halogens is 3. The number of nitrogens with zero attached hydrogens (tertiary/aromatic N) is 6. The van der Waals surface area contributed by atoms with Crippen molar-refractivity contribution in [3.8, 4) is 17.3 Å². The minimum Gasteiger partial charge on any atom is -0.489 e. The Kier molecular flexibility index (Phi) is 4.79. The van der Waals surface area contributed by atoms with E-state index < -0.39 is 12.2 Å². The number of pyridine rings is 1. The Labute approximate surface area is 175 Å². The highest BCUT2D eigenvalue weighted by Gasteiger charge is 2.38. The molecular weight excluding hydrogens is 413 g/mol. The average molecular weight is 432 g/mol. The number of benzene rings is 1. The minimum absolute atomic E-state index is 0.113. The molecule has 3 aromatic rings. The average Bonchev–Trinajstić information content (AvgIpc) is 3.17. The summed E-state index contributed by atoms with van der Waals surface area (Å²) in [5.74, 6) is 0.417. The molecule has 0 unspecified atom stereocenters. The molecule has 2 aliphatic rings. The van der Waals surface area contributed by atoms with Gasteiger partial charge in [-0.2, -0.15) is 0 Å². The highest BCUT2D eigenvalue weighted by atomic mass is 19.3. The first kappa shape index (κ1) is 19.5. The Hall–Kier alpha value is -3.50. The fourth-order valence-corrected chi connectivity index (χ4v) is 3.92. The SMILES string of the molecule is COc1ccc(-n2c(C(F)F)nnc2N2CC(N3CCOc4cc(F)ccc43)C2)cn1. The van der Waals surface area contributed by atoms with E-state index in [1.165, 1.54) is 30.0 Å². The van der Waals surface area contributed by atoms with Crippen molar-refractivity contribution in [3.05, 3.63) is 48.2 Å². The molecule has 162 valence electrons. The van der Waals surface area contributed by atoms with E-state index in [0.29, 0.717) is 49.5 Å². The van der Waals surface area contributed by atoms with Gasteiger partial charge < -0.3 is 19.3 Å². The first-order chi connectivity index (χ1) is 15.0. The zero-order valence-corrected chi connectivity index (χ0v) is 16.6. The molecule has 1 aromatic carbocycles. The van der Waals surface area contributed by atoms with Gasteiger partial charge in [-0.05, 0) is 18.2 Å². The van der Waals surface area contributed by atoms with Crippen LogP contribution in [-0.2, 0) is 0 Å². The molecule has 1 fully saturated rings. The second-order valence-electron chi connectivity index (χ2n) is 7.27. The molecule has 2 aromatic heterocycles. The lowest BCUT2D eigenvalue weighted by atomic mass is 10.1. The summed E-state index contributed by atoms with van der Waals surface area (Å²) in [6, 6.07) is 7.82. The van der Waals surface area contributed by atoms with E-state index in [1.807, 2.05) is 4.90 Å². The lowest BCUT2D eigenvalue weighted by molar-refractivity contribution is 0.138. The molecule has 0 aliphatic carbocycles. The molecule has 0 spiro atoms. The lowest BCUT2D eigenvalue weighted by Gasteiger charge is -2.48. The first-order valence-electron chi connectivity index (χ1n) is 9.73. The fraction of sp³-hybridized carbons (Fsp3) is 0.350. The molecule has 1 saturated heterocycles. The molecular formula is C20H19F3N6O2. The Bertz CT molecular complexity index is 1090. The Morgan fingerprint density at radius 3 is 2.71 bits per heavy atom. The van der Waals surface area contributed by atoms with Gasteiger partial charge in [0.1, 0.15) is 18.2 Å². The summed E-state index contributed by atoms with van der Waals surface area (Å²) in [5.41, 5.74) is 1.25. The van der Waals surface area contributed by atoms with Gasteiger partial charge in [-0.1, -0.05) is 0 Å². The van der Waals surface area contributed by atoms with Gasteiger partial charge in [-0.25, -0.2) is 18.2 Å². The van der Waals surface area contributed by atoms with Crippen LogP contribution in [0.3, 0.4) is 0 Å². The van der Waals surface area contributed by atoms with Crippen LogP contribution in [0.5, 0.6) is 11.6 Å². The summed E-state index contributed by atoms with van der Waals surface area (Å²) in [7, 11) is 1.48. The van der Waals surface area contributed by atoms with Gasteiger partial charge in [-0.3, -0.25) is 4.57 Å². The molecule has 0 radical (unpaired) electrons. The van der Waals surface area contributed by atoms with Gasteiger partial charge in [-0.15, -0.1) is 10.2 Å². The Morgan fingerprint density at radius 2 is 2.00 bits per heavy atom. The minimum atomic E-state index is -2.79. The van der Waals surface area contributed by atoms with Crippen LogP contribution in [-0.4, -0.2) is 59.1 Å². The maximum Gasteiger partial charge on any atom is 0.297 e. The van der Waals surface area contributed by atoms with E-state index in [0.717, 1.165) is 5.69 Å². The number of aromatic nitrogens is 4. The van der Waals surface area contributed by atoms with Gasteiger partial charge in [0.2, 0.25) is 17.7 Å². The highest BCUT2D eigenvalue weighted by Crippen LogP contribution is 2.37. The highest BCUT2D eigenvalue weighted by molar-refractivity contribution is 5.62. The molecule has 0 atom stereocenters. The molecule has 5 rings (SSSR count). The predicted molar refractivity (Wildman–Crippen MR) is 106 cm³/mol. The summed E-state index contributed by atoms with van der Waals surface area (Å²) < 4.78 is 52.6. The largest absolute Gasteiger partial charge is 0.489 e. The number of ether oxygens (including phenoxy) is 2. The normalized spacial score (nSPS) is 16.2. The maximum absolute atomic E-state index is 13.6. The topological polar surface area (TPSA) is 68.5 Å². The monoisotopic (exact) mass is 432 g/mol. The zero-order chi connectivity index (χ0) is 21.5. The van der Waals surface area contributed by atoms with E-state index in [4.69, 9.17) is 9.47 Å². The zero-order valence-electron chi connectivity index (χ0n) is 16.6. The van der Waals surface area contributed by atoms with E-state index >= 15 is 0 Å². The van der Waals surface area contributed by atoms with Crippen molar-refractivity contribution < 1.29 is 22.6 Å². The van der Waals surface area contributed by atoms with Gasteiger partial charge in [0.05, 0.1) is 37.3 Å². The van der Waals surface area contributed by atoms with Crippen LogP contribution >= 0.6 is 0 Å². The molecule has 11 heteroatoms. The summed E-state index contributed by atoms with van der Waals surface area (Å²) in [5, 5.41) is 7.73. The number of hydrogen-bond acceptors (Lipinski definition) is 7. The fourth-order valence-electron chi connectivity index (χ4n) is 3.92. The summed E-state index contributed by atoms with van der Waals surface area (Å²) >= 11 is 0. The van der Waals surface area contributed by atoms with Gasteiger partial charge >= 0.3 is 0 Å². The van der Waals surface area contributed by atoms with Crippen LogP contribution in [0.25, 0.3) is 5.69 Å². The molecule has 0 saturated carbocycles. The third-order valence-corrected chi connectivity index (χ3v) is 5.46. The van der Waals surface area contributed by atoms with Crippen LogP contribution in [0.1, 0.15) is 12.2 Å². The van der Waals surface area contributed by atoms with Crippen molar-refractivity contribution in [2.45, 2.75) is 12.5 Å². The number of anilines is 2. The van der Waals surface area contributed by atoms with Crippen LogP contribution in [0, 0.1) is 5.82 Å². The van der Waals surface area contributed by atoms with Crippen LogP contribution < -0.4 is 19.3 Å². The maximum atomic E-state index is 13.6. The lowest BCUT2D eigenvalue weighted by Crippen LogP contribution is -2.61. The Morgan fingerprint density at radius 1 is 1.16 bits per heavy atom. The molecule has 4 heterocycles. The number of fused-ring (bicyclic) bond motifs is 1. The molecule has 0 N–H and O–H groups in total. The third kappa shape index (κ3) is 3.39. The van der Waals surface area contributed by atoms with Crippen molar-refractivity contribution in [1.29, 1.82) is 0 Å². The Balaban J connectivity index is 1.40. The standard InChI is InChI=1S/C20H19F3N6O2/c1-30-17-5-3-13(9-24-17)29-19(18(22)23)25-26-20(29)27-10-14(11-27)28-6-7-31-16-8-12(21)2-4-15(16)28/h2-5,8-9,14,18H,6-7,10-11H2,1H3. The molecule has 2 aliphatic heterocycles. The summed E-state index contributed by atoms with van der Waals surface area (Å²) in [6.45, 7) is 2.23. The summed E-state index contributed by atoms with van der Waals surface area (Å²) in [6.07, 6.45) is -1.34. The van der Waals surface area contributed by atoms with Crippen LogP contribution in [0.15, 0.2) is 36.5 Å². The van der Waals surface area contributed by atoms with Crippen molar-refractivity contribution >= 4 is 11.6 Å². The predicted octanol–water partition coefficient (Wildman–Crippen LogP) is 2.84. The first-order valence-corrected chi connectivity index (χ1v) is 9.73. The number of rotatable bonds is 5. The van der Waals surface area contributed by atoms with E-state index in [-0.39, 0.29) is 11.9 Å². The molecule has 0 amide bonds. The smallest absolute Gasteiger partial charge is 0.297 e. The summed E-state index contributed by atoms with van der Waals surface area (Å²) in [4.78, 5) is 8.14. The van der Waals surface area contributed by atoms with Crippen LogP contribution in [0.4, 0.5) is 24.8 Å². The van der Waals surface area contributed by atoms with Crippen LogP contribution in [0.2, 0.25) is 0 Å².